The summed E-state index contributed by atoms with van der Waals surface area (Å²) in [7, 11) is 0. The molecule has 0 heterocycles. The van der Waals surface area contributed by atoms with Crippen LogP contribution in [0.5, 0.6) is 5.75 Å². The zero-order chi connectivity index (χ0) is 16.2. The molecular formula is C19H15NO3. The van der Waals surface area contributed by atoms with Crippen LogP contribution < -0.4 is 0 Å². The number of phenolic OH excluding ortho intramolecular Hbond substituents is 1. The van der Waals surface area contributed by atoms with Gasteiger partial charge < -0.3 is 10.2 Å². The molecule has 4 heteroatoms. The summed E-state index contributed by atoms with van der Waals surface area (Å²) >= 11 is 0. The molecule has 3 aromatic rings. The summed E-state index contributed by atoms with van der Waals surface area (Å²) in [6.45, 7) is 0. The molecule has 3 aromatic carbocycles. The summed E-state index contributed by atoms with van der Waals surface area (Å²) in [4.78, 5) is 15.6. The number of benzene rings is 3. The Balaban J connectivity index is 1.98. The average molecular weight is 305 g/mol. The van der Waals surface area contributed by atoms with Gasteiger partial charge in [0, 0.05) is 17.2 Å². The Hall–Kier alpha value is -3.14. The van der Waals surface area contributed by atoms with Crippen LogP contribution in [0.2, 0.25) is 0 Å². The number of phenols is 1. The number of hydrogen-bond donors (Lipinski definition) is 2. The Morgan fingerprint density at radius 1 is 0.957 bits per heavy atom. The predicted octanol–water partition coefficient (Wildman–Crippen LogP) is 3.79. The van der Waals surface area contributed by atoms with Crippen LogP contribution in [0.1, 0.15) is 17.2 Å². The minimum Gasteiger partial charge on any atom is -0.507 e. The first-order chi connectivity index (χ1) is 11.2. The molecular weight excluding hydrogens is 290 g/mol. The number of aliphatic carboxylic acids is 1. The van der Waals surface area contributed by atoms with Crippen molar-refractivity contribution in [3.05, 3.63) is 77.9 Å². The molecule has 0 bridgehead atoms. The van der Waals surface area contributed by atoms with Crippen molar-refractivity contribution >= 4 is 23.0 Å². The predicted molar refractivity (Wildman–Crippen MR) is 90.0 cm³/mol. The lowest BCUT2D eigenvalue weighted by atomic mass is 10.1. The molecule has 0 saturated carbocycles. The number of aromatic hydroxyl groups is 1. The molecule has 0 aromatic heterocycles. The van der Waals surface area contributed by atoms with Gasteiger partial charge in [-0.2, -0.15) is 0 Å². The van der Waals surface area contributed by atoms with Crippen LogP contribution in [-0.4, -0.2) is 22.4 Å². The highest BCUT2D eigenvalue weighted by Crippen LogP contribution is 2.28. The number of carboxylic acid groups (broad SMARTS) is 1. The smallest absolute Gasteiger partial charge is 0.333 e. The van der Waals surface area contributed by atoms with Gasteiger partial charge in [-0.05, 0) is 17.0 Å². The topological polar surface area (TPSA) is 69.9 Å². The van der Waals surface area contributed by atoms with Crippen LogP contribution >= 0.6 is 0 Å². The molecule has 0 saturated heterocycles. The lowest BCUT2D eigenvalue weighted by Gasteiger charge is -2.08. The van der Waals surface area contributed by atoms with Crippen molar-refractivity contribution in [3.63, 3.8) is 0 Å². The van der Waals surface area contributed by atoms with Gasteiger partial charge in [-0.25, -0.2) is 4.79 Å². The summed E-state index contributed by atoms with van der Waals surface area (Å²) < 4.78 is 0. The summed E-state index contributed by atoms with van der Waals surface area (Å²) in [6.07, 6.45) is 1.41. The van der Waals surface area contributed by atoms with Gasteiger partial charge in [-0.15, -0.1) is 0 Å². The standard InChI is InChI=1S/C19H15NO3/c21-18-15(11-10-13-6-4-5-9-16(13)18)12-20-17(19(22)23)14-7-2-1-3-8-14/h1-12,17,21H,(H,22,23)/t17-/m0/s1. The third-order valence-corrected chi connectivity index (χ3v) is 3.64. The minimum atomic E-state index is -1.03. The van der Waals surface area contributed by atoms with E-state index in [1.165, 1.54) is 6.21 Å². The van der Waals surface area contributed by atoms with E-state index in [0.29, 0.717) is 16.5 Å². The Bertz CT molecular complexity index is 872. The van der Waals surface area contributed by atoms with E-state index in [9.17, 15) is 15.0 Å². The first kappa shape index (κ1) is 14.8. The quantitative estimate of drug-likeness (QED) is 0.720. The molecule has 23 heavy (non-hydrogen) atoms. The van der Waals surface area contributed by atoms with E-state index in [1.54, 1.807) is 30.3 Å². The first-order valence-electron chi connectivity index (χ1n) is 7.18. The van der Waals surface area contributed by atoms with Crippen molar-refractivity contribution in [1.82, 2.24) is 0 Å². The van der Waals surface area contributed by atoms with E-state index in [1.807, 2.05) is 36.4 Å². The molecule has 0 unspecified atom stereocenters. The fourth-order valence-corrected chi connectivity index (χ4v) is 2.46. The molecule has 0 fully saturated rings. The number of rotatable bonds is 4. The number of hydrogen-bond acceptors (Lipinski definition) is 3. The van der Waals surface area contributed by atoms with Crippen LogP contribution in [0.15, 0.2) is 71.7 Å². The van der Waals surface area contributed by atoms with Gasteiger partial charge >= 0.3 is 5.97 Å². The van der Waals surface area contributed by atoms with Crippen LogP contribution in [-0.2, 0) is 4.79 Å². The third-order valence-electron chi connectivity index (χ3n) is 3.64. The highest BCUT2D eigenvalue weighted by Gasteiger charge is 2.17. The number of fused-ring (bicyclic) bond motifs is 1. The minimum absolute atomic E-state index is 0.101. The van der Waals surface area contributed by atoms with E-state index in [4.69, 9.17) is 0 Å². The van der Waals surface area contributed by atoms with E-state index < -0.39 is 12.0 Å². The van der Waals surface area contributed by atoms with Gasteiger partial charge in [0.25, 0.3) is 0 Å². The second-order valence-corrected chi connectivity index (χ2v) is 5.15. The second-order valence-electron chi connectivity index (χ2n) is 5.15. The van der Waals surface area contributed by atoms with Crippen LogP contribution in [0.25, 0.3) is 10.8 Å². The molecule has 0 aliphatic heterocycles. The fraction of sp³-hybridized carbons (Fsp3) is 0.0526. The van der Waals surface area contributed by atoms with Crippen molar-refractivity contribution in [2.75, 3.05) is 0 Å². The highest BCUT2D eigenvalue weighted by molar-refractivity contribution is 5.97. The SMILES string of the molecule is O=C(O)[C@@H](N=Cc1ccc2ccccc2c1O)c1ccccc1. The van der Waals surface area contributed by atoms with Crippen molar-refractivity contribution in [2.45, 2.75) is 6.04 Å². The molecule has 2 N–H and O–H groups in total. The first-order valence-corrected chi connectivity index (χ1v) is 7.18. The maximum absolute atomic E-state index is 11.4. The number of carboxylic acids is 1. The molecule has 0 aliphatic carbocycles. The zero-order valence-corrected chi connectivity index (χ0v) is 12.3. The largest absolute Gasteiger partial charge is 0.507 e. The lowest BCUT2D eigenvalue weighted by Crippen LogP contribution is -2.09. The van der Waals surface area contributed by atoms with E-state index >= 15 is 0 Å². The Kier molecular flexibility index (Phi) is 4.06. The molecule has 3 rings (SSSR count). The van der Waals surface area contributed by atoms with Gasteiger partial charge in [-0.1, -0.05) is 60.7 Å². The van der Waals surface area contributed by atoms with Crippen LogP contribution in [0.4, 0.5) is 0 Å². The molecule has 4 nitrogen and oxygen atoms in total. The van der Waals surface area contributed by atoms with Crippen molar-refractivity contribution in [1.29, 1.82) is 0 Å². The van der Waals surface area contributed by atoms with Gasteiger partial charge in [0.1, 0.15) is 5.75 Å². The molecule has 0 spiro atoms. The van der Waals surface area contributed by atoms with E-state index in [2.05, 4.69) is 4.99 Å². The highest BCUT2D eigenvalue weighted by atomic mass is 16.4. The Morgan fingerprint density at radius 2 is 1.65 bits per heavy atom. The summed E-state index contributed by atoms with van der Waals surface area (Å²) in [5, 5.41) is 21.3. The molecule has 0 radical (unpaired) electrons. The molecule has 0 amide bonds. The molecule has 0 aliphatic rings. The van der Waals surface area contributed by atoms with E-state index in [-0.39, 0.29) is 5.75 Å². The van der Waals surface area contributed by atoms with Gasteiger partial charge in [0.2, 0.25) is 0 Å². The number of carbonyl (C=O) groups is 1. The van der Waals surface area contributed by atoms with Gasteiger partial charge in [0.05, 0.1) is 0 Å². The monoisotopic (exact) mass is 305 g/mol. The summed E-state index contributed by atoms with van der Waals surface area (Å²) in [5.74, 6) is -0.934. The maximum atomic E-state index is 11.4. The van der Waals surface area contributed by atoms with Gasteiger partial charge in [-0.3, -0.25) is 4.99 Å². The van der Waals surface area contributed by atoms with Crippen molar-refractivity contribution in [3.8, 4) is 5.75 Å². The van der Waals surface area contributed by atoms with E-state index in [0.717, 1.165) is 5.39 Å². The Labute approximate surface area is 133 Å². The Morgan fingerprint density at radius 3 is 2.39 bits per heavy atom. The number of aliphatic imine (C=N–C) groups is 1. The summed E-state index contributed by atoms with van der Waals surface area (Å²) in [5.41, 5.74) is 1.09. The third kappa shape index (κ3) is 3.06. The summed E-state index contributed by atoms with van der Waals surface area (Å²) in [6, 6.07) is 18.9. The van der Waals surface area contributed by atoms with Crippen molar-refractivity contribution < 1.29 is 15.0 Å². The van der Waals surface area contributed by atoms with Crippen LogP contribution in [0.3, 0.4) is 0 Å². The van der Waals surface area contributed by atoms with Crippen molar-refractivity contribution in [2.24, 2.45) is 4.99 Å². The molecule has 1 atom stereocenters. The fourth-order valence-electron chi connectivity index (χ4n) is 2.46. The van der Waals surface area contributed by atoms with Crippen LogP contribution in [0, 0.1) is 0 Å². The lowest BCUT2D eigenvalue weighted by molar-refractivity contribution is -0.138. The molecule has 114 valence electrons. The average Bonchev–Trinajstić information content (AvgIpc) is 2.58. The normalized spacial score (nSPS) is 12.5. The number of nitrogens with zero attached hydrogens (tertiary/aromatic N) is 1. The second kappa shape index (κ2) is 6.32. The maximum Gasteiger partial charge on any atom is 0.333 e. The van der Waals surface area contributed by atoms with Gasteiger partial charge in [0.15, 0.2) is 6.04 Å². The zero-order valence-electron chi connectivity index (χ0n) is 12.3.